The van der Waals surface area contributed by atoms with Crippen LogP contribution in [0.1, 0.15) is 48.3 Å². The number of carbonyl (C=O) groups is 2. The number of hydrogen-bond acceptors (Lipinski definition) is 4. The summed E-state index contributed by atoms with van der Waals surface area (Å²) in [6.07, 6.45) is 0.0407. The minimum Gasteiger partial charge on any atom is -0.481 e. The maximum absolute atomic E-state index is 14.9. The Bertz CT molecular complexity index is 1500. The molecule has 1 saturated carbocycles. The summed E-state index contributed by atoms with van der Waals surface area (Å²) in [6.45, 7) is 1.67. The van der Waals surface area contributed by atoms with Crippen molar-refractivity contribution in [1.82, 2.24) is 10.2 Å². The summed E-state index contributed by atoms with van der Waals surface area (Å²) < 4.78 is 20.3. The molecule has 5 rings (SSSR count). The standard InChI is InChI=1S/C29H25ClFN3O4/c1-17(22-7-2-3-8-23(22)30)38-28(37)32-26-25(31)24(33-34-26)15-18-9-11-19(12-10-18)20-5-4-6-21(16-20)29(13-14-29)27(35)36/h2-12,16-17H,13-15H2,1H3,(H,35,36)(H2,32,33,34,37)/t17-/m1/s1. The number of hydrogen-bond donors (Lipinski definition) is 3. The maximum Gasteiger partial charge on any atom is 0.413 e. The average Bonchev–Trinajstić information content (AvgIpc) is 3.67. The van der Waals surface area contributed by atoms with Gasteiger partial charge in [-0.3, -0.25) is 15.2 Å². The second kappa shape index (κ2) is 10.3. The van der Waals surface area contributed by atoms with E-state index >= 15 is 0 Å². The molecule has 1 aliphatic carbocycles. The molecule has 3 N–H and O–H groups in total. The predicted octanol–water partition coefficient (Wildman–Crippen LogP) is 6.89. The molecule has 3 aromatic carbocycles. The summed E-state index contributed by atoms with van der Waals surface area (Å²) in [6, 6.07) is 22.2. The van der Waals surface area contributed by atoms with Gasteiger partial charge >= 0.3 is 12.1 Å². The zero-order valence-electron chi connectivity index (χ0n) is 20.5. The van der Waals surface area contributed by atoms with Crippen LogP contribution in [0.15, 0.2) is 72.8 Å². The quantitative estimate of drug-likeness (QED) is 0.229. The molecule has 38 heavy (non-hydrogen) atoms. The van der Waals surface area contributed by atoms with E-state index in [9.17, 15) is 19.1 Å². The molecule has 4 aromatic rings. The van der Waals surface area contributed by atoms with Crippen molar-refractivity contribution in [3.63, 3.8) is 0 Å². The lowest BCUT2D eigenvalue weighted by Crippen LogP contribution is -2.19. The third kappa shape index (κ3) is 5.13. The molecule has 1 aliphatic rings. The Morgan fingerprint density at radius 2 is 1.84 bits per heavy atom. The van der Waals surface area contributed by atoms with Crippen LogP contribution in [0, 0.1) is 5.82 Å². The molecule has 0 radical (unpaired) electrons. The number of rotatable bonds is 8. The minimum atomic E-state index is -0.850. The smallest absolute Gasteiger partial charge is 0.413 e. The van der Waals surface area contributed by atoms with Gasteiger partial charge in [-0.1, -0.05) is 78.3 Å². The molecule has 0 saturated heterocycles. The first kappa shape index (κ1) is 25.5. The van der Waals surface area contributed by atoms with Crippen LogP contribution in [0.4, 0.5) is 15.0 Å². The van der Waals surface area contributed by atoms with E-state index in [1.165, 1.54) is 0 Å². The number of carboxylic acids is 1. The number of halogens is 2. The molecule has 0 bridgehead atoms. The number of nitrogens with zero attached hydrogens (tertiary/aromatic N) is 1. The lowest BCUT2D eigenvalue weighted by atomic mass is 9.92. The molecule has 9 heteroatoms. The van der Waals surface area contributed by atoms with Gasteiger partial charge in [-0.25, -0.2) is 9.18 Å². The molecule has 0 unspecified atom stereocenters. The Hall–Kier alpha value is -4.17. The third-order valence-corrected chi connectivity index (χ3v) is 7.21. The second-order valence-electron chi connectivity index (χ2n) is 9.40. The van der Waals surface area contributed by atoms with Gasteiger partial charge in [0.15, 0.2) is 11.6 Å². The van der Waals surface area contributed by atoms with E-state index in [0.29, 0.717) is 23.4 Å². The van der Waals surface area contributed by atoms with Gasteiger partial charge in [0, 0.05) is 17.0 Å². The molecule has 0 aliphatic heterocycles. The number of H-pyrrole nitrogens is 1. The number of benzene rings is 3. The third-order valence-electron chi connectivity index (χ3n) is 6.87. The Morgan fingerprint density at radius 1 is 1.11 bits per heavy atom. The molecule has 1 fully saturated rings. The van der Waals surface area contributed by atoms with Crippen molar-refractivity contribution in [3.8, 4) is 11.1 Å². The number of amides is 1. The zero-order valence-corrected chi connectivity index (χ0v) is 21.3. The molecular weight excluding hydrogens is 509 g/mol. The van der Waals surface area contributed by atoms with E-state index < -0.39 is 29.4 Å². The van der Waals surface area contributed by atoms with Crippen molar-refractivity contribution in [1.29, 1.82) is 0 Å². The number of aromatic nitrogens is 2. The number of aliphatic carboxylic acids is 1. The predicted molar refractivity (Wildman–Crippen MR) is 142 cm³/mol. The molecule has 1 amide bonds. The van der Waals surface area contributed by atoms with E-state index in [0.717, 1.165) is 22.3 Å². The van der Waals surface area contributed by atoms with Crippen molar-refractivity contribution in [3.05, 3.63) is 106 Å². The van der Waals surface area contributed by atoms with Crippen molar-refractivity contribution < 1.29 is 23.8 Å². The number of carbonyl (C=O) groups excluding carboxylic acids is 1. The lowest BCUT2D eigenvalue weighted by molar-refractivity contribution is -0.140. The summed E-state index contributed by atoms with van der Waals surface area (Å²) in [7, 11) is 0. The van der Waals surface area contributed by atoms with Gasteiger partial charge in [-0.15, -0.1) is 0 Å². The van der Waals surface area contributed by atoms with Crippen molar-refractivity contribution in [2.24, 2.45) is 0 Å². The maximum atomic E-state index is 14.9. The first-order chi connectivity index (χ1) is 18.3. The van der Waals surface area contributed by atoms with E-state index in [4.69, 9.17) is 16.3 Å². The van der Waals surface area contributed by atoms with Crippen molar-refractivity contribution >= 4 is 29.5 Å². The van der Waals surface area contributed by atoms with Gasteiger partial charge in [-0.05, 0) is 48.1 Å². The van der Waals surface area contributed by atoms with Crippen molar-refractivity contribution in [2.45, 2.75) is 37.7 Å². The lowest BCUT2D eigenvalue weighted by Gasteiger charge is -2.14. The van der Waals surface area contributed by atoms with Crippen LogP contribution in [-0.4, -0.2) is 27.4 Å². The summed E-state index contributed by atoms with van der Waals surface area (Å²) in [5, 5.41) is 18.9. The SMILES string of the molecule is C[C@@H](OC(=O)Nc1n[nH]c(Cc2ccc(-c3cccc(C4(C(=O)O)CC4)c3)cc2)c1F)c1ccccc1Cl. The topological polar surface area (TPSA) is 104 Å². The van der Waals surface area contributed by atoms with E-state index in [2.05, 4.69) is 15.5 Å². The van der Waals surface area contributed by atoms with Gasteiger partial charge < -0.3 is 9.84 Å². The van der Waals surface area contributed by atoms with Crippen LogP contribution >= 0.6 is 11.6 Å². The first-order valence-corrected chi connectivity index (χ1v) is 12.5. The van der Waals surface area contributed by atoms with Crippen LogP contribution in [0.5, 0.6) is 0 Å². The summed E-state index contributed by atoms with van der Waals surface area (Å²) in [5.74, 6) is -1.71. The van der Waals surface area contributed by atoms with E-state index in [-0.39, 0.29) is 17.9 Å². The van der Waals surface area contributed by atoms with Crippen LogP contribution < -0.4 is 5.32 Å². The fourth-order valence-electron chi connectivity index (χ4n) is 4.49. The highest BCUT2D eigenvalue weighted by atomic mass is 35.5. The molecule has 0 spiro atoms. The van der Waals surface area contributed by atoms with Crippen LogP contribution in [0.25, 0.3) is 11.1 Å². The molecule has 7 nitrogen and oxygen atoms in total. The second-order valence-corrected chi connectivity index (χ2v) is 9.81. The Labute approximate surface area is 223 Å². The summed E-state index contributed by atoms with van der Waals surface area (Å²) >= 11 is 6.14. The number of ether oxygens (including phenoxy) is 1. The molecule has 1 atom stereocenters. The normalized spacial score (nSPS) is 14.5. The molecule has 1 heterocycles. The molecular formula is C29H25ClFN3O4. The van der Waals surface area contributed by atoms with E-state index in [1.54, 1.807) is 31.2 Å². The summed E-state index contributed by atoms with van der Waals surface area (Å²) in [5.41, 5.74) is 3.58. The molecule has 1 aromatic heterocycles. The number of carboxylic acid groups (broad SMARTS) is 1. The largest absolute Gasteiger partial charge is 0.481 e. The van der Waals surface area contributed by atoms with Gasteiger partial charge in [0.2, 0.25) is 0 Å². The number of anilines is 1. The molecule has 194 valence electrons. The monoisotopic (exact) mass is 533 g/mol. The first-order valence-electron chi connectivity index (χ1n) is 12.1. The van der Waals surface area contributed by atoms with E-state index in [1.807, 2.05) is 48.5 Å². The zero-order chi connectivity index (χ0) is 26.9. The van der Waals surface area contributed by atoms with Gasteiger partial charge in [0.25, 0.3) is 0 Å². The number of aromatic amines is 1. The van der Waals surface area contributed by atoms with Gasteiger partial charge in [0.05, 0.1) is 11.1 Å². The highest BCUT2D eigenvalue weighted by Gasteiger charge is 2.51. The Morgan fingerprint density at radius 3 is 2.53 bits per heavy atom. The van der Waals surface area contributed by atoms with Gasteiger partial charge in [-0.2, -0.15) is 5.10 Å². The summed E-state index contributed by atoms with van der Waals surface area (Å²) in [4.78, 5) is 24.0. The fourth-order valence-corrected chi connectivity index (χ4v) is 4.78. The Kier molecular flexibility index (Phi) is 6.91. The van der Waals surface area contributed by atoms with Crippen LogP contribution in [-0.2, 0) is 21.4 Å². The van der Waals surface area contributed by atoms with Crippen LogP contribution in [0.3, 0.4) is 0 Å². The number of nitrogens with one attached hydrogen (secondary N) is 2. The average molecular weight is 534 g/mol. The minimum absolute atomic E-state index is 0.214. The Balaban J connectivity index is 1.23. The van der Waals surface area contributed by atoms with Crippen LogP contribution in [0.2, 0.25) is 5.02 Å². The highest BCUT2D eigenvalue weighted by Crippen LogP contribution is 2.49. The fraction of sp³-hybridized carbons (Fsp3) is 0.207. The van der Waals surface area contributed by atoms with Crippen molar-refractivity contribution in [2.75, 3.05) is 5.32 Å². The highest BCUT2D eigenvalue weighted by molar-refractivity contribution is 6.31. The van der Waals surface area contributed by atoms with Gasteiger partial charge in [0.1, 0.15) is 6.10 Å².